The van der Waals surface area contributed by atoms with E-state index in [9.17, 15) is 9.59 Å². The fourth-order valence-corrected chi connectivity index (χ4v) is 7.25. The fourth-order valence-electron chi connectivity index (χ4n) is 6.09. The van der Waals surface area contributed by atoms with Gasteiger partial charge in [-0.15, -0.1) is 11.3 Å². The van der Waals surface area contributed by atoms with Crippen LogP contribution in [0.5, 0.6) is 0 Å². The van der Waals surface area contributed by atoms with Crippen LogP contribution in [-0.4, -0.2) is 89.6 Å². The van der Waals surface area contributed by atoms with Crippen molar-refractivity contribution in [3.05, 3.63) is 49.6 Å². The average molecular weight is 539 g/mol. The van der Waals surface area contributed by atoms with Crippen molar-refractivity contribution < 1.29 is 4.79 Å². The lowest BCUT2D eigenvalue weighted by molar-refractivity contribution is 0.0130. The summed E-state index contributed by atoms with van der Waals surface area (Å²) in [5, 5.41) is 15.8. The van der Waals surface area contributed by atoms with Gasteiger partial charge in [-0.25, -0.2) is 4.68 Å². The second-order valence-corrected chi connectivity index (χ2v) is 12.2. The second-order valence-electron chi connectivity index (χ2n) is 11.1. The van der Waals surface area contributed by atoms with Crippen molar-refractivity contribution in [2.24, 2.45) is 7.05 Å². The molecule has 4 aliphatic rings. The lowest BCUT2D eigenvalue weighted by Gasteiger charge is -2.38. The van der Waals surface area contributed by atoms with Crippen molar-refractivity contribution in [3.8, 4) is 0 Å². The van der Waals surface area contributed by atoms with Crippen LogP contribution in [-0.2, 0) is 19.9 Å². The molecule has 1 unspecified atom stereocenters. The zero-order chi connectivity index (χ0) is 26.4. The van der Waals surface area contributed by atoms with Crippen molar-refractivity contribution in [1.29, 1.82) is 0 Å². The van der Waals surface area contributed by atoms with Crippen LogP contribution >= 0.6 is 11.3 Å². The molecular weight excluding hydrogens is 500 g/mol. The number of piperazine rings is 1. The Balaban J connectivity index is 1.15. The number of amides is 1. The minimum atomic E-state index is -0.147. The number of thiophene rings is 1. The minimum absolute atomic E-state index is 0.0337. The molecule has 0 bridgehead atoms. The van der Waals surface area contributed by atoms with Crippen LogP contribution in [0.2, 0.25) is 0 Å². The molecule has 11 heteroatoms. The first-order valence-corrected chi connectivity index (χ1v) is 14.6. The Morgan fingerprint density at radius 1 is 1.08 bits per heavy atom. The van der Waals surface area contributed by atoms with E-state index in [1.165, 1.54) is 33.7 Å². The van der Waals surface area contributed by atoms with Gasteiger partial charge in [-0.3, -0.25) is 14.5 Å². The van der Waals surface area contributed by atoms with Crippen LogP contribution in [0.15, 0.2) is 28.7 Å². The summed E-state index contributed by atoms with van der Waals surface area (Å²) in [7, 11) is 5.89. The average Bonchev–Trinajstić information content (AvgIpc) is 3.47. The van der Waals surface area contributed by atoms with Gasteiger partial charge in [-0.1, -0.05) is 0 Å². The molecule has 0 radical (unpaired) electrons. The van der Waals surface area contributed by atoms with Crippen LogP contribution in [0.4, 0.5) is 11.5 Å². The molecule has 2 N–H and O–H groups in total. The number of hydrogen-bond donors (Lipinski definition) is 2. The summed E-state index contributed by atoms with van der Waals surface area (Å²) in [6.45, 7) is 4.37. The van der Waals surface area contributed by atoms with Crippen molar-refractivity contribution in [2.45, 2.75) is 50.7 Å². The summed E-state index contributed by atoms with van der Waals surface area (Å²) in [5.74, 6) is 0.789. The Bertz CT molecular complexity index is 1280. The highest BCUT2D eigenvalue weighted by Crippen LogP contribution is 2.30. The molecule has 1 aliphatic carbocycles. The lowest BCUT2D eigenvalue weighted by Crippen LogP contribution is -2.50. The number of piperidine rings is 1. The Hall–Kier alpha value is -2.89. The molecule has 0 saturated carbocycles. The minimum Gasteiger partial charge on any atom is -0.360 e. The monoisotopic (exact) mass is 538 g/mol. The highest BCUT2D eigenvalue weighted by atomic mass is 32.1. The van der Waals surface area contributed by atoms with Gasteiger partial charge in [0.15, 0.2) is 5.82 Å². The summed E-state index contributed by atoms with van der Waals surface area (Å²) >= 11 is 1.66. The van der Waals surface area contributed by atoms with Gasteiger partial charge in [-0.2, -0.15) is 10.1 Å². The summed E-state index contributed by atoms with van der Waals surface area (Å²) in [5.41, 5.74) is 3.00. The van der Waals surface area contributed by atoms with E-state index in [0.717, 1.165) is 62.6 Å². The Kier molecular flexibility index (Phi) is 6.92. The Morgan fingerprint density at radius 3 is 2.76 bits per heavy atom. The van der Waals surface area contributed by atoms with Gasteiger partial charge in [-0.05, 0) is 63.3 Å². The molecule has 6 rings (SSSR count). The number of carbonyl (C=O) groups excluding carboxylic acids is 1. The van der Waals surface area contributed by atoms with E-state index in [0.29, 0.717) is 12.2 Å². The molecule has 2 saturated heterocycles. The van der Waals surface area contributed by atoms with Crippen LogP contribution in [0, 0.1) is 0 Å². The zero-order valence-corrected chi connectivity index (χ0v) is 23.4. The highest BCUT2D eigenvalue weighted by molar-refractivity contribution is 7.14. The molecule has 0 aromatic carbocycles. The summed E-state index contributed by atoms with van der Waals surface area (Å²) in [6, 6.07) is 4.02. The molecule has 3 aliphatic heterocycles. The number of rotatable bonds is 5. The molecule has 2 atom stereocenters. The van der Waals surface area contributed by atoms with Gasteiger partial charge in [0.1, 0.15) is 11.9 Å². The van der Waals surface area contributed by atoms with Gasteiger partial charge >= 0.3 is 0 Å². The maximum Gasteiger partial charge on any atom is 0.290 e. The molecule has 2 aromatic rings. The molecule has 38 heavy (non-hydrogen) atoms. The first-order valence-electron chi connectivity index (χ1n) is 13.8. The second kappa shape index (κ2) is 10.3. The lowest BCUT2D eigenvalue weighted by atomic mass is 9.99. The van der Waals surface area contributed by atoms with Crippen LogP contribution in [0.3, 0.4) is 0 Å². The topological polar surface area (TPSA) is 89.0 Å². The number of nitrogens with zero attached hydrogens (tertiary/aromatic N) is 6. The SMILES string of the molecule is CN1CCN2C(=CC(Nc3cc(N4CCC[C@@H](NC(=O)c5cc6c(s5)CCCC6)C4)nn(C)c3=O)N2C)C1. The van der Waals surface area contributed by atoms with Crippen LogP contribution in [0.25, 0.3) is 0 Å². The smallest absolute Gasteiger partial charge is 0.290 e. The van der Waals surface area contributed by atoms with Crippen LogP contribution < -0.4 is 21.1 Å². The van der Waals surface area contributed by atoms with Gasteiger partial charge < -0.3 is 20.5 Å². The largest absolute Gasteiger partial charge is 0.360 e. The number of nitrogens with one attached hydrogen (secondary N) is 2. The third-order valence-corrected chi connectivity index (χ3v) is 9.48. The maximum absolute atomic E-state index is 13.1. The normalized spacial score (nSPS) is 24.1. The van der Waals surface area contributed by atoms with Gasteiger partial charge in [0.25, 0.3) is 11.5 Å². The molecule has 1 amide bonds. The van der Waals surface area contributed by atoms with E-state index in [2.05, 4.69) is 61.8 Å². The molecule has 0 spiro atoms. The standard InChI is InChI=1S/C27H38N8O2S/c1-31-11-12-35-20(17-31)14-24(33(35)3)29-21-15-25(30-32(2)27(21)37)34-10-6-8-19(16-34)28-26(36)23-13-18-7-4-5-9-22(18)38-23/h13-15,19,24,29H,4-12,16-17H2,1-3H3,(H,28,36)/t19-,24?/m1/s1. The van der Waals surface area contributed by atoms with E-state index < -0.39 is 0 Å². The third kappa shape index (κ3) is 4.94. The first-order chi connectivity index (χ1) is 18.4. The Labute approximate surface area is 227 Å². The number of hydrazine groups is 1. The number of fused-ring (bicyclic) bond motifs is 2. The van der Waals surface area contributed by atoms with Crippen molar-refractivity contribution >= 4 is 28.7 Å². The van der Waals surface area contributed by atoms with Crippen LogP contribution in [0.1, 0.15) is 45.8 Å². The molecule has 2 fully saturated rings. The number of anilines is 2. The highest BCUT2D eigenvalue weighted by Gasteiger charge is 2.33. The molecule has 2 aromatic heterocycles. The maximum atomic E-state index is 13.1. The third-order valence-electron chi connectivity index (χ3n) is 8.25. The number of carbonyl (C=O) groups is 1. The first kappa shape index (κ1) is 25.4. The number of aryl methyl sites for hydroxylation is 3. The van der Waals surface area contributed by atoms with E-state index in [-0.39, 0.29) is 23.7 Å². The van der Waals surface area contributed by atoms with Crippen molar-refractivity contribution in [3.63, 3.8) is 0 Å². The summed E-state index contributed by atoms with van der Waals surface area (Å²) in [4.78, 5) is 32.8. The molecule has 10 nitrogen and oxygen atoms in total. The van der Waals surface area contributed by atoms with E-state index >= 15 is 0 Å². The Morgan fingerprint density at radius 2 is 1.92 bits per heavy atom. The predicted octanol–water partition coefficient (Wildman–Crippen LogP) is 1.85. The van der Waals surface area contributed by atoms with Gasteiger partial charge in [0.05, 0.1) is 4.88 Å². The number of hydrogen-bond acceptors (Lipinski definition) is 9. The van der Waals surface area contributed by atoms with Gasteiger partial charge in [0.2, 0.25) is 0 Å². The molecule has 5 heterocycles. The van der Waals surface area contributed by atoms with Crippen molar-refractivity contribution in [2.75, 3.05) is 57.0 Å². The van der Waals surface area contributed by atoms with E-state index in [1.807, 2.05) is 6.07 Å². The number of likely N-dealkylation sites (N-methyl/N-ethyl adjacent to an activating group) is 2. The van der Waals surface area contributed by atoms with E-state index in [4.69, 9.17) is 0 Å². The number of aromatic nitrogens is 2. The summed E-state index contributed by atoms with van der Waals surface area (Å²) < 4.78 is 1.42. The van der Waals surface area contributed by atoms with E-state index in [1.54, 1.807) is 18.4 Å². The molecule has 204 valence electrons. The molecular formula is C27H38N8O2S. The fraction of sp³-hybridized carbons (Fsp3) is 0.593. The van der Waals surface area contributed by atoms with Crippen molar-refractivity contribution in [1.82, 2.24) is 30.0 Å². The summed E-state index contributed by atoms with van der Waals surface area (Å²) in [6.07, 6.45) is 8.63. The van der Waals surface area contributed by atoms with Gasteiger partial charge in [0, 0.05) is 69.5 Å². The quantitative estimate of drug-likeness (QED) is 0.597. The predicted molar refractivity (Wildman–Crippen MR) is 151 cm³/mol. The zero-order valence-electron chi connectivity index (χ0n) is 22.6.